The summed E-state index contributed by atoms with van der Waals surface area (Å²) in [5.74, 6) is 1.89. The highest BCUT2D eigenvalue weighted by molar-refractivity contribution is 6.30. The Kier molecular flexibility index (Phi) is 6.32. The first-order valence-electron chi connectivity index (χ1n) is 7.36. The molecule has 128 valence electrons. The van der Waals surface area contributed by atoms with Crippen LogP contribution >= 0.6 is 11.6 Å². The van der Waals surface area contributed by atoms with Crippen molar-refractivity contribution in [3.63, 3.8) is 0 Å². The van der Waals surface area contributed by atoms with Gasteiger partial charge in [0, 0.05) is 24.2 Å². The molecule has 0 aliphatic heterocycles. The third-order valence-corrected chi connectivity index (χ3v) is 3.73. The SMILES string of the molecule is COc1ccc(OCC(=O)N(C)Cc2cc(Cl)ccc2OC)cc1. The van der Waals surface area contributed by atoms with Gasteiger partial charge in [-0.25, -0.2) is 0 Å². The number of hydrogen-bond acceptors (Lipinski definition) is 4. The van der Waals surface area contributed by atoms with E-state index in [1.807, 2.05) is 0 Å². The summed E-state index contributed by atoms with van der Waals surface area (Å²) in [5.41, 5.74) is 0.838. The summed E-state index contributed by atoms with van der Waals surface area (Å²) >= 11 is 6.01. The molecule has 2 rings (SSSR count). The molecule has 2 aromatic rings. The standard InChI is InChI=1S/C18H20ClNO4/c1-20(11-13-10-14(19)4-9-17(13)23-3)18(21)12-24-16-7-5-15(22-2)6-8-16/h4-10H,11-12H2,1-3H3. The van der Waals surface area contributed by atoms with Gasteiger partial charge in [0.15, 0.2) is 6.61 Å². The van der Waals surface area contributed by atoms with Gasteiger partial charge in [0.25, 0.3) is 5.91 Å². The van der Waals surface area contributed by atoms with E-state index < -0.39 is 0 Å². The molecule has 0 aromatic heterocycles. The molecule has 0 spiro atoms. The van der Waals surface area contributed by atoms with E-state index in [0.29, 0.717) is 23.1 Å². The van der Waals surface area contributed by atoms with E-state index in [4.69, 9.17) is 25.8 Å². The highest BCUT2D eigenvalue weighted by Gasteiger charge is 2.13. The van der Waals surface area contributed by atoms with Crippen molar-refractivity contribution in [3.05, 3.63) is 53.1 Å². The molecule has 0 aliphatic carbocycles. The molecule has 5 nitrogen and oxygen atoms in total. The smallest absolute Gasteiger partial charge is 0.260 e. The monoisotopic (exact) mass is 349 g/mol. The highest BCUT2D eigenvalue weighted by Crippen LogP contribution is 2.24. The molecule has 6 heteroatoms. The number of rotatable bonds is 7. The van der Waals surface area contributed by atoms with Crippen LogP contribution < -0.4 is 14.2 Å². The second-order valence-corrected chi connectivity index (χ2v) is 5.61. The van der Waals surface area contributed by atoms with Gasteiger partial charge in [-0.15, -0.1) is 0 Å². The molecule has 24 heavy (non-hydrogen) atoms. The molecule has 0 fully saturated rings. The maximum Gasteiger partial charge on any atom is 0.260 e. The van der Waals surface area contributed by atoms with Crippen molar-refractivity contribution >= 4 is 17.5 Å². The molecule has 0 saturated carbocycles. The van der Waals surface area contributed by atoms with Gasteiger partial charge in [-0.05, 0) is 42.5 Å². The molecule has 0 N–H and O–H groups in total. The maximum absolute atomic E-state index is 12.2. The predicted octanol–water partition coefficient (Wildman–Crippen LogP) is 3.39. The van der Waals surface area contributed by atoms with Crippen LogP contribution in [0.25, 0.3) is 0 Å². The van der Waals surface area contributed by atoms with E-state index in [1.54, 1.807) is 68.6 Å². The molecule has 0 heterocycles. The Morgan fingerprint density at radius 1 is 1.04 bits per heavy atom. The first-order chi connectivity index (χ1) is 11.5. The summed E-state index contributed by atoms with van der Waals surface area (Å²) in [5, 5.41) is 0.598. The van der Waals surface area contributed by atoms with E-state index in [-0.39, 0.29) is 12.5 Å². The van der Waals surface area contributed by atoms with Gasteiger partial charge in [-0.1, -0.05) is 11.6 Å². The molecule has 1 amide bonds. The van der Waals surface area contributed by atoms with Gasteiger partial charge in [0.2, 0.25) is 0 Å². The molecular formula is C18H20ClNO4. The van der Waals surface area contributed by atoms with Crippen molar-refractivity contribution in [3.8, 4) is 17.2 Å². The Morgan fingerprint density at radius 2 is 1.71 bits per heavy atom. The third-order valence-electron chi connectivity index (χ3n) is 3.50. The van der Waals surface area contributed by atoms with Crippen molar-refractivity contribution in [2.45, 2.75) is 6.54 Å². The van der Waals surface area contributed by atoms with Crippen molar-refractivity contribution in [2.24, 2.45) is 0 Å². The highest BCUT2D eigenvalue weighted by atomic mass is 35.5. The number of hydrogen-bond donors (Lipinski definition) is 0. The zero-order valence-corrected chi connectivity index (χ0v) is 14.7. The fourth-order valence-corrected chi connectivity index (χ4v) is 2.34. The van der Waals surface area contributed by atoms with Crippen molar-refractivity contribution in [1.82, 2.24) is 4.90 Å². The van der Waals surface area contributed by atoms with Crippen LogP contribution in [0, 0.1) is 0 Å². The minimum Gasteiger partial charge on any atom is -0.497 e. The maximum atomic E-state index is 12.2. The van der Waals surface area contributed by atoms with Gasteiger partial charge in [0.05, 0.1) is 14.2 Å². The number of benzene rings is 2. The van der Waals surface area contributed by atoms with Crippen LogP contribution in [0.1, 0.15) is 5.56 Å². The molecule has 0 aliphatic rings. The fraction of sp³-hybridized carbons (Fsp3) is 0.278. The lowest BCUT2D eigenvalue weighted by atomic mass is 10.2. The first kappa shape index (κ1) is 17.9. The van der Waals surface area contributed by atoms with Gasteiger partial charge in [-0.2, -0.15) is 0 Å². The number of carbonyl (C=O) groups excluding carboxylic acids is 1. The fourth-order valence-electron chi connectivity index (χ4n) is 2.14. The van der Waals surface area contributed by atoms with Crippen LogP contribution in [0.15, 0.2) is 42.5 Å². The quantitative estimate of drug-likeness (QED) is 0.768. The second kappa shape index (κ2) is 8.45. The summed E-state index contributed by atoms with van der Waals surface area (Å²) in [6, 6.07) is 12.4. The Hall–Kier alpha value is -2.40. The first-order valence-corrected chi connectivity index (χ1v) is 7.74. The van der Waals surface area contributed by atoms with E-state index >= 15 is 0 Å². The minimum absolute atomic E-state index is 0.0499. The van der Waals surface area contributed by atoms with E-state index in [2.05, 4.69) is 0 Å². The summed E-state index contributed by atoms with van der Waals surface area (Å²) in [4.78, 5) is 13.8. The van der Waals surface area contributed by atoms with Gasteiger partial charge in [0.1, 0.15) is 17.2 Å². The molecule has 0 bridgehead atoms. The lowest BCUT2D eigenvalue weighted by Gasteiger charge is -2.19. The average Bonchev–Trinajstić information content (AvgIpc) is 2.60. The number of amides is 1. The minimum atomic E-state index is -0.146. The lowest BCUT2D eigenvalue weighted by Crippen LogP contribution is -2.31. The number of carbonyl (C=O) groups is 1. The van der Waals surface area contributed by atoms with Crippen molar-refractivity contribution < 1.29 is 19.0 Å². The van der Waals surface area contributed by atoms with Crippen LogP contribution in [0.3, 0.4) is 0 Å². The van der Waals surface area contributed by atoms with Crippen LogP contribution in [0.2, 0.25) is 5.02 Å². The van der Waals surface area contributed by atoms with E-state index in [1.165, 1.54) is 0 Å². The number of methoxy groups -OCH3 is 2. The van der Waals surface area contributed by atoms with Crippen LogP contribution in [-0.4, -0.2) is 38.7 Å². The van der Waals surface area contributed by atoms with Crippen LogP contribution in [0.4, 0.5) is 0 Å². The van der Waals surface area contributed by atoms with E-state index in [0.717, 1.165) is 11.3 Å². The normalized spacial score (nSPS) is 10.2. The number of likely N-dealkylation sites (N-methyl/N-ethyl adjacent to an activating group) is 1. The predicted molar refractivity (Wildman–Crippen MR) is 93.0 cm³/mol. The molecule has 0 unspecified atom stereocenters. The number of halogens is 1. The zero-order chi connectivity index (χ0) is 17.5. The van der Waals surface area contributed by atoms with E-state index in [9.17, 15) is 4.79 Å². The Morgan fingerprint density at radius 3 is 2.33 bits per heavy atom. The Bertz CT molecular complexity index is 688. The van der Waals surface area contributed by atoms with Crippen LogP contribution in [0.5, 0.6) is 17.2 Å². The van der Waals surface area contributed by atoms with Gasteiger partial charge in [-0.3, -0.25) is 4.79 Å². The Balaban J connectivity index is 1.93. The molecule has 0 radical (unpaired) electrons. The van der Waals surface area contributed by atoms with Crippen molar-refractivity contribution in [2.75, 3.05) is 27.9 Å². The van der Waals surface area contributed by atoms with Gasteiger partial charge < -0.3 is 19.1 Å². The summed E-state index contributed by atoms with van der Waals surface area (Å²) in [6.07, 6.45) is 0. The average molecular weight is 350 g/mol. The van der Waals surface area contributed by atoms with Crippen LogP contribution in [-0.2, 0) is 11.3 Å². The number of nitrogens with zero attached hydrogens (tertiary/aromatic N) is 1. The summed E-state index contributed by atoms with van der Waals surface area (Å²) < 4.78 is 15.9. The molecule has 0 saturated heterocycles. The lowest BCUT2D eigenvalue weighted by molar-refractivity contribution is -0.132. The third kappa shape index (κ3) is 4.80. The zero-order valence-electron chi connectivity index (χ0n) is 13.9. The topological polar surface area (TPSA) is 48.0 Å². The Labute approximate surface area is 146 Å². The molecule has 0 atom stereocenters. The van der Waals surface area contributed by atoms with Gasteiger partial charge >= 0.3 is 0 Å². The molecule has 2 aromatic carbocycles. The van der Waals surface area contributed by atoms with Crippen molar-refractivity contribution in [1.29, 1.82) is 0 Å². The number of ether oxygens (including phenoxy) is 3. The summed E-state index contributed by atoms with van der Waals surface area (Å²) in [6.45, 7) is 0.334. The second-order valence-electron chi connectivity index (χ2n) is 5.17. The largest absolute Gasteiger partial charge is 0.497 e. The molecular weight excluding hydrogens is 330 g/mol. The summed E-state index contributed by atoms with van der Waals surface area (Å²) in [7, 11) is 4.89.